The summed E-state index contributed by atoms with van der Waals surface area (Å²) in [4.78, 5) is 2.31. The van der Waals surface area contributed by atoms with Crippen molar-refractivity contribution in [3.8, 4) is 0 Å². The molecule has 1 aromatic carbocycles. The van der Waals surface area contributed by atoms with E-state index in [1.807, 2.05) is 0 Å². The average Bonchev–Trinajstić information content (AvgIpc) is 3.22. The molecule has 1 fully saturated rings. The molecule has 0 spiro atoms. The van der Waals surface area contributed by atoms with Crippen molar-refractivity contribution in [2.24, 2.45) is 11.7 Å². The minimum absolute atomic E-state index is 0.278. The Hall–Kier alpha value is -0.900. The van der Waals surface area contributed by atoms with Crippen LogP contribution in [0.4, 0.5) is 0 Å². The zero-order chi connectivity index (χ0) is 14.5. The Kier molecular flexibility index (Phi) is 5.58. The molecule has 1 aromatic rings. The van der Waals surface area contributed by atoms with Crippen LogP contribution in [0, 0.1) is 19.8 Å². The summed E-state index contributed by atoms with van der Waals surface area (Å²) >= 11 is 0. The summed E-state index contributed by atoms with van der Waals surface area (Å²) in [5.74, 6) is 0.838. The van der Waals surface area contributed by atoms with E-state index in [2.05, 4.69) is 44.0 Å². The number of rotatable bonds is 8. The second kappa shape index (κ2) is 7.21. The standard InChI is InChI=1S/C17H28N2O/c1-13-4-7-16(14(2)10-13)17(11-18)19(3)8-9-20-12-15-5-6-15/h4,7,10,15,17H,5-6,8-9,11-12,18H2,1-3H3. The summed E-state index contributed by atoms with van der Waals surface area (Å²) in [6.07, 6.45) is 2.70. The molecule has 0 saturated heterocycles. The maximum Gasteiger partial charge on any atom is 0.0593 e. The zero-order valence-corrected chi connectivity index (χ0v) is 13.1. The molecule has 2 N–H and O–H groups in total. The highest BCUT2D eigenvalue weighted by molar-refractivity contribution is 5.33. The van der Waals surface area contributed by atoms with Gasteiger partial charge >= 0.3 is 0 Å². The first-order valence-corrected chi connectivity index (χ1v) is 7.67. The largest absolute Gasteiger partial charge is 0.380 e. The number of ether oxygens (including phenoxy) is 1. The third kappa shape index (κ3) is 4.30. The summed E-state index contributed by atoms with van der Waals surface area (Å²) < 4.78 is 5.73. The minimum atomic E-state index is 0.278. The summed E-state index contributed by atoms with van der Waals surface area (Å²) in [6, 6.07) is 6.89. The van der Waals surface area contributed by atoms with E-state index >= 15 is 0 Å². The Morgan fingerprint density at radius 2 is 2.10 bits per heavy atom. The van der Waals surface area contributed by atoms with Gasteiger partial charge in [-0.3, -0.25) is 4.90 Å². The van der Waals surface area contributed by atoms with Gasteiger partial charge < -0.3 is 10.5 Å². The molecule has 1 unspecified atom stereocenters. The monoisotopic (exact) mass is 276 g/mol. The molecule has 1 aliphatic carbocycles. The fourth-order valence-electron chi connectivity index (χ4n) is 2.64. The topological polar surface area (TPSA) is 38.5 Å². The molecule has 3 nitrogen and oxygen atoms in total. The molecular formula is C17H28N2O. The Morgan fingerprint density at radius 1 is 1.35 bits per heavy atom. The lowest BCUT2D eigenvalue weighted by Crippen LogP contribution is -2.33. The lowest BCUT2D eigenvalue weighted by Gasteiger charge is -2.28. The molecule has 0 aromatic heterocycles. The smallest absolute Gasteiger partial charge is 0.0593 e. The molecule has 112 valence electrons. The lowest BCUT2D eigenvalue weighted by molar-refractivity contribution is 0.0922. The number of nitrogens with two attached hydrogens (primary N) is 1. The van der Waals surface area contributed by atoms with Crippen molar-refractivity contribution in [1.82, 2.24) is 4.90 Å². The SMILES string of the molecule is Cc1ccc(C(CN)N(C)CCOCC2CC2)c(C)c1. The lowest BCUT2D eigenvalue weighted by atomic mass is 9.98. The maximum atomic E-state index is 5.99. The van der Waals surface area contributed by atoms with Gasteiger partial charge in [-0.15, -0.1) is 0 Å². The Balaban J connectivity index is 1.88. The van der Waals surface area contributed by atoms with Gasteiger partial charge in [-0.1, -0.05) is 23.8 Å². The first kappa shape index (κ1) is 15.5. The Labute approximate surface area is 123 Å². The first-order chi connectivity index (χ1) is 9.61. The number of hydrogen-bond acceptors (Lipinski definition) is 3. The van der Waals surface area contributed by atoms with E-state index in [-0.39, 0.29) is 6.04 Å². The molecule has 0 heterocycles. The van der Waals surface area contributed by atoms with Crippen LogP contribution in [0.5, 0.6) is 0 Å². The van der Waals surface area contributed by atoms with Crippen LogP contribution in [0.3, 0.4) is 0 Å². The van der Waals surface area contributed by atoms with Gasteiger partial charge in [0, 0.05) is 25.7 Å². The van der Waals surface area contributed by atoms with E-state index in [1.165, 1.54) is 29.5 Å². The van der Waals surface area contributed by atoms with Crippen LogP contribution in [0.15, 0.2) is 18.2 Å². The van der Waals surface area contributed by atoms with Crippen molar-refractivity contribution in [3.63, 3.8) is 0 Å². The fourth-order valence-corrected chi connectivity index (χ4v) is 2.64. The molecule has 1 aliphatic rings. The summed E-state index contributed by atoms with van der Waals surface area (Å²) in [5.41, 5.74) is 9.96. The van der Waals surface area contributed by atoms with Gasteiger partial charge in [0.05, 0.1) is 6.61 Å². The third-order valence-corrected chi connectivity index (χ3v) is 4.18. The molecule has 1 atom stereocenters. The van der Waals surface area contributed by atoms with Crippen LogP contribution in [-0.4, -0.2) is 38.3 Å². The van der Waals surface area contributed by atoms with Crippen LogP contribution < -0.4 is 5.73 Å². The summed E-state index contributed by atoms with van der Waals surface area (Å²) in [6.45, 7) is 7.61. The predicted molar refractivity (Wildman–Crippen MR) is 83.9 cm³/mol. The predicted octanol–water partition coefficient (Wildman–Crippen LogP) is 2.66. The quantitative estimate of drug-likeness (QED) is 0.742. The highest BCUT2D eigenvalue weighted by atomic mass is 16.5. The molecule has 3 heteroatoms. The van der Waals surface area contributed by atoms with E-state index in [9.17, 15) is 0 Å². The van der Waals surface area contributed by atoms with Crippen molar-refractivity contribution < 1.29 is 4.74 Å². The Bertz CT molecular complexity index is 429. The Morgan fingerprint density at radius 3 is 2.70 bits per heavy atom. The van der Waals surface area contributed by atoms with Crippen LogP contribution >= 0.6 is 0 Å². The second-order valence-electron chi connectivity index (χ2n) is 6.11. The van der Waals surface area contributed by atoms with Crippen molar-refractivity contribution in [2.75, 3.05) is 33.4 Å². The second-order valence-corrected chi connectivity index (χ2v) is 6.11. The normalized spacial score (nSPS) is 16.6. The fraction of sp³-hybridized carbons (Fsp3) is 0.647. The molecule has 2 rings (SSSR count). The van der Waals surface area contributed by atoms with E-state index in [0.717, 1.165) is 25.7 Å². The van der Waals surface area contributed by atoms with Crippen LogP contribution in [0.2, 0.25) is 0 Å². The molecule has 0 amide bonds. The molecule has 1 saturated carbocycles. The van der Waals surface area contributed by atoms with Crippen LogP contribution in [0.1, 0.15) is 35.6 Å². The molecule has 0 bridgehead atoms. The van der Waals surface area contributed by atoms with Gasteiger partial charge in [-0.05, 0) is 50.8 Å². The zero-order valence-electron chi connectivity index (χ0n) is 13.1. The van der Waals surface area contributed by atoms with Gasteiger partial charge in [0.15, 0.2) is 0 Å². The molecular weight excluding hydrogens is 248 g/mol. The number of hydrogen-bond donors (Lipinski definition) is 1. The van der Waals surface area contributed by atoms with Gasteiger partial charge in [0.1, 0.15) is 0 Å². The summed E-state index contributed by atoms with van der Waals surface area (Å²) in [7, 11) is 2.14. The average molecular weight is 276 g/mol. The molecule has 20 heavy (non-hydrogen) atoms. The van der Waals surface area contributed by atoms with E-state index in [1.54, 1.807) is 0 Å². The number of nitrogens with zero attached hydrogens (tertiary/aromatic N) is 1. The number of benzene rings is 1. The number of likely N-dealkylation sites (N-methyl/N-ethyl adjacent to an activating group) is 1. The molecule has 0 radical (unpaired) electrons. The third-order valence-electron chi connectivity index (χ3n) is 4.18. The number of aryl methyl sites for hydroxylation is 2. The van der Waals surface area contributed by atoms with Crippen LogP contribution in [-0.2, 0) is 4.74 Å². The van der Waals surface area contributed by atoms with Crippen LogP contribution in [0.25, 0.3) is 0 Å². The van der Waals surface area contributed by atoms with Gasteiger partial charge in [-0.25, -0.2) is 0 Å². The van der Waals surface area contributed by atoms with Crippen molar-refractivity contribution in [1.29, 1.82) is 0 Å². The van der Waals surface area contributed by atoms with Crippen molar-refractivity contribution in [3.05, 3.63) is 34.9 Å². The molecule has 0 aliphatic heterocycles. The maximum absolute atomic E-state index is 5.99. The highest BCUT2D eigenvalue weighted by Gasteiger charge is 2.21. The van der Waals surface area contributed by atoms with Crippen molar-refractivity contribution in [2.45, 2.75) is 32.7 Å². The van der Waals surface area contributed by atoms with Crippen molar-refractivity contribution >= 4 is 0 Å². The minimum Gasteiger partial charge on any atom is -0.380 e. The first-order valence-electron chi connectivity index (χ1n) is 7.67. The van der Waals surface area contributed by atoms with E-state index < -0.39 is 0 Å². The van der Waals surface area contributed by atoms with Gasteiger partial charge in [0.25, 0.3) is 0 Å². The van der Waals surface area contributed by atoms with E-state index in [0.29, 0.717) is 6.54 Å². The highest BCUT2D eigenvalue weighted by Crippen LogP contribution is 2.28. The van der Waals surface area contributed by atoms with Gasteiger partial charge in [-0.2, -0.15) is 0 Å². The summed E-state index contributed by atoms with van der Waals surface area (Å²) in [5, 5.41) is 0. The van der Waals surface area contributed by atoms with E-state index in [4.69, 9.17) is 10.5 Å². The van der Waals surface area contributed by atoms with Gasteiger partial charge in [0.2, 0.25) is 0 Å².